The van der Waals surface area contributed by atoms with Crippen LogP contribution in [-0.2, 0) is 6.54 Å². The highest BCUT2D eigenvalue weighted by Gasteiger charge is 2.26. The van der Waals surface area contributed by atoms with Crippen molar-refractivity contribution in [3.8, 4) is 0 Å². The number of amides is 1. The molecule has 1 aliphatic rings. The van der Waals surface area contributed by atoms with Gasteiger partial charge < -0.3 is 19.1 Å². The van der Waals surface area contributed by atoms with E-state index in [1.54, 1.807) is 6.07 Å². The molecule has 146 valence electrons. The third kappa shape index (κ3) is 3.26. The number of aromatic nitrogens is 2. The summed E-state index contributed by atoms with van der Waals surface area (Å²) >= 11 is 6.30. The van der Waals surface area contributed by atoms with E-state index in [1.807, 2.05) is 33.4 Å². The van der Waals surface area contributed by atoms with Gasteiger partial charge in [0.25, 0.3) is 0 Å². The Balaban J connectivity index is 1.78. The van der Waals surface area contributed by atoms with Gasteiger partial charge in [-0.05, 0) is 42.7 Å². The van der Waals surface area contributed by atoms with Crippen LogP contribution < -0.4 is 5.62 Å². The SMILES string of the molecule is N=c1n(Cc2ccccc2Cl)c2ccc(F)cc2n1C1CCN(C(=O)O)CC1. The molecule has 0 radical (unpaired) electrons. The lowest BCUT2D eigenvalue weighted by atomic mass is 10.0. The van der Waals surface area contributed by atoms with Gasteiger partial charge in [0.05, 0.1) is 17.6 Å². The molecular weight excluding hydrogens is 383 g/mol. The average Bonchev–Trinajstić information content (AvgIpc) is 2.94. The molecule has 2 heterocycles. The topological polar surface area (TPSA) is 74.2 Å². The van der Waals surface area contributed by atoms with Gasteiger partial charge in [0.15, 0.2) is 0 Å². The van der Waals surface area contributed by atoms with E-state index in [2.05, 4.69) is 0 Å². The van der Waals surface area contributed by atoms with Gasteiger partial charge in [0.1, 0.15) is 5.82 Å². The molecule has 1 saturated heterocycles. The quantitative estimate of drug-likeness (QED) is 0.692. The number of imidazole rings is 1. The summed E-state index contributed by atoms with van der Waals surface area (Å²) < 4.78 is 17.6. The summed E-state index contributed by atoms with van der Waals surface area (Å²) in [5, 5.41) is 18.6. The fourth-order valence-electron chi connectivity index (χ4n) is 3.92. The summed E-state index contributed by atoms with van der Waals surface area (Å²) in [6.45, 7) is 1.21. The highest BCUT2D eigenvalue weighted by molar-refractivity contribution is 6.31. The van der Waals surface area contributed by atoms with Gasteiger partial charge in [-0.1, -0.05) is 29.8 Å². The van der Waals surface area contributed by atoms with Crippen molar-refractivity contribution in [2.24, 2.45) is 0 Å². The van der Waals surface area contributed by atoms with Crippen LogP contribution in [0.2, 0.25) is 5.02 Å². The largest absolute Gasteiger partial charge is 0.465 e. The zero-order valence-electron chi connectivity index (χ0n) is 15.1. The first-order chi connectivity index (χ1) is 13.5. The minimum atomic E-state index is -0.929. The highest BCUT2D eigenvalue weighted by atomic mass is 35.5. The van der Waals surface area contributed by atoms with E-state index in [1.165, 1.54) is 17.0 Å². The van der Waals surface area contributed by atoms with Crippen molar-refractivity contribution < 1.29 is 14.3 Å². The standard InChI is InChI=1S/C20H20ClFN4O2/c21-16-4-2-1-3-13(16)12-25-17-6-5-14(22)11-18(17)26(19(25)23)15-7-9-24(10-8-15)20(27)28/h1-6,11,15,23H,7-10,12H2,(H,27,28). The number of hydrogen-bond acceptors (Lipinski definition) is 2. The number of hydrogen-bond donors (Lipinski definition) is 2. The summed E-state index contributed by atoms with van der Waals surface area (Å²) in [6, 6.07) is 11.9. The van der Waals surface area contributed by atoms with Gasteiger partial charge in [-0.2, -0.15) is 0 Å². The Labute approximate surface area is 165 Å². The van der Waals surface area contributed by atoms with Crippen LogP contribution >= 0.6 is 11.6 Å². The molecule has 1 fully saturated rings. The Kier molecular flexibility index (Phi) is 4.85. The van der Waals surface area contributed by atoms with Crippen LogP contribution in [0.1, 0.15) is 24.4 Å². The average molecular weight is 403 g/mol. The number of fused-ring (bicyclic) bond motifs is 1. The summed E-state index contributed by atoms with van der Waals surface area (Å²) in [6.07, 6.45) is 0.247. The number of benzene rings is 2. The molecule has 1 aliphatic heterocycles. The molecule has 8 heteroatoms. The maximum absolute atomic E-state index is 14.0. The highest BCUT2D eigenvalue weighted by Crippen LogP contribution is 2.27. The van der Waals surface area contributed by atoms with Crippen molar-refractivity contribution in [3.63, 3.8) is 0 Å². The molecule has 3 aromatic rings. The molecule has 1 amide bonds. The summed E-state index contributed by atoms with van der Waals surface area (Å²) in [5.41, 5.74) is 2.54. The van der Waals surface area contributed by atoms with E-state index < -0.39 is 6.09 Å². The molecule has 0 spiro atoms. The first kappa shape index (κ1) is 18.6. The number of carboxylic acid groups (broad SMARTS) is 1. The van der Waals surface area contributed by atoms with Crippen LogP contribution in [0.4, 0.5) is 9.18 Å². The van der Waals surface area contributed by atoms with Crippen molar-refractivity contribution in [3.05, 3.63) is 64.5 Å². The number of rotatable bonds is 3. The molecule has 0 saturated carbocycles. The molecule has 28 heavy (non-hydrogen) atoms. The van der Waals surface area contributed by atoms with Crippen LogP contribution in [0, 0.1) is 11.2 Å². The second kappa shape index (κ2) is 7.31. The van der Waals surface area contributed by atoms with Gasteiger partial charge in [-0.25, -0.2) is 9.18 Å². The first-order valence-electron chi connectivity index (χ1n) is 9.12. The minimum absolute atomic E-state index is 0.0557. The van der Waals surface area contributed by atoms with Crippen molar-refractivity contribution in [2.75, 3.05) is 13.1 Å². The number of nitrogens with one attached hydrogen (secondary N) is 1. The Hall–Kier alpha value is -2.80. The van der Waals surface area contributed by atoms with E-state index in [0.29, 0.717) is 43.0 Å². The molecule has 0 aliphatic carbocycles. The van der Waals surface area contributed by atoms with E-state index in [0.717, 1.165) is 11.1 Å². The van der Waals surface area contributed by atoms with Crippen LogP contribution in [0.3, 0.4) is 0 Å². The number of piperidine rings is 1. The molecule has 0 atom stereocenters. The molecule has 1 aromatic heterocycles. The number of likely N-dealkylation sites (tertiary alicyclic amines) is 1. The van der Waals surface area contributed by atoms with Gasteiger partial charge >= 0.3 is 6.09 Å². The van der Waals surface area contributed by atoms with E-state index in [4.69, 9.17) is 22.1 Å². The fraction of sp³-hybridized carbons (Fsp3) is 0.300. The summed E-state index contributed by atoms with van der Waals surface area (Å²) in [5.74, 6) is -0.362. The summed E-state index contributed by atoms with van der Waals surface area (Å²) in [4.78, 5) is 12.6. The van der Waals surface area contributed by atoms with Crippen LogP contribution in [0.5, 0.6) is 0 Å². The monoisotopic (exact) mass is 402 g/mol. The number of nitrogens with zero attached hydrogens (tertiary/aromatic N) is 3. The van der Waals surface area contributed by atoms with Crippen molar-refractivity contribution >= 4 is 28.7 Å². The lowest BCUT2D eigenvalue weighted by Crippen LogP contribution is -2.40. The molecule has 2 N–H and O–H groups in total. The van der Waals surface area contributed by atoms with Crippen molar-refractivity contribution in [1.29, 1.82) is 5.41 Å². The molecular formula is C20H20ClFN4O2. The van der Waals surface area contributed by atoms with Crippen LogP contribution in [-0.4, -0.2) is 38.3 Å². The number of halogens is 2. The Bertz CT molecular complexity index is 1100. The molecule has 4 rings (SSSR count). The molecule has 6 nitrogen and oxygen atoms in total. The van der Waals surface area contributed by atoms with E-state index in [-0.39, 0.29) is 17.5 Å². The van der Waals surface area contributed by atoms with Gasteiger partial charge in [0, 0.05) is 24.2 Å². The predicted octanol–water partition coefficient (Wildman–Crippen LogP) is 4.08. The minimum Gasteiger partial charge on any atom is -0.465 e. The lowest BCUT2D eigenvalue weighted by Gasteiger charge is -2.31. The Morgan fingerprint density at radius 3 is 2.57 bits per heavy atom. The maximum atomic E-state index is 14.0. The Morgan fingerprint density at radius 2 is 1.89 bits per heavy atom. The van der Waals surface area contributed by atoms with Crippen molar-refractivity contribution in [2.45, 2.75) is 25.4 Å². The van der Waals surface area contributed by atoms with E-state index >= 15 is 0 Å². The smallest absolute Gasteiger partial charge is 0.407 e. The Morgan fingerprint density at radius 1 is 1.18 bits per heavy atom. The van der Waals surface area contributed by atoms with Crippen molar-refractivity contribution in [1.82, 2.24) is 14.0 Å². The second-order valence-corrected chi connectivity index (χ2v) is 7.41. The van der Waals surface area contributed by atoms with E-state index in [9.17, 15) is 9.18 Å². The third-order valence-corrected chi connectivity index (χ3v) is 5.73. The second-order valence-electron chi connectivity index (χ2n) is 7.00. The maximum Gasteiger partial charge on any atom is 0.407 e. The zero-order valence-corrected chi connectivity index (χ0v) is 15.9. The third-order valence-electron chi connectivity index (χ3n) is 5.36. The van der Waals surface area contributed by atoms with Gasteiger partial charge in [0.2, 0.25) is 5.62 Å². The van der Waals surface area contributed by atoms with Gasteiger partial charge in [-0.3, -0.25) is 5.41 Å². The lowest BCUT2D eigenvalue weighted by molar-refractivity contribution is 0.125. The first-order valence-corrected chi connectivity index (χ1v) is 9.49. The molecule has 0 unspecified atom stereocenters. The van der Waals surface area contributed by atoms with Gasteiger partial charge in [-0.15, -0.1) is 0 Å². The normalized spacial score (nSPS) is 15.3. The van der Waals surface area contributed by atoms with Crippen LogP contribution in [0.15, 0.2) is 42.5 Å². The molecule has 2 aromatic carbocycles. The fourth-order valence-corrected chi connectivity index (χ4v) is 4.11. The van der Waals surface area contributed by atoms with Crippen LogP contribution in [0.25, 0.3) is 11.0 Å². The summed E-state index contributed by atoms with van der Waals surface area (Å²) in [7, 11) is 0. The number of carbonyl (C=O) groups is 1. The zero-order chi connectivity index (χ0) is 19.8. The predicted molar refractivity (Wildman–Crippen MR) is 104 cm³/mol. The molecule has 0 bridgehead atoms.